The van der Waals surface area contributed by atoms with Crippen LogP contribution >= 0.6 is 27.5 Å². The highest BCUT2D eigenvalue weighted by atomic mass is 79.9. The molecular weight excluding hydrogens is 324 g/mol. The number of benzene rings is 2. The van der Waals surface area contributed by atoms with Crippen LogP contribution in [0.3, 0.4) is 0 Å². The molecular formula is C16H16BrClO. The Morgan fingerprint density at radius 2 is 1.89 bits per heavy atom. The molecule has 0 saturated heterocycles. The maximum absolute atomic E-state index is 6.13. The fourth-order valence-corrected chi connectivity index (χ4v) is 2.85. The van der Waals surface area contributed by atoms with Crippen LogP contribution in [0.4, 0.5) is 0 Å². The monoisotopic (exact) mass is 338 g/mol. The van der Waals surface area contributed by atoms with Gasteiger partial charge >= 0.3 is 0 Å². The molecule has 0 aliphatic carbocycles. The van der Waals surface area contributed by atoms with E-state index in [9.17, 15) is 0 Å². The van der Waals surface area contributed by atoms with E-state index >= 15 is 0 Å². The molecule has 0 aliphatic rings. The summed E-state index contributed by atoms with van der Waals surface area (Å²) in [5.41, 5.74) is 2.44. The quantitative estimate of drug-likeness (QED) is 0.695. The molecule has 0 amide bonds. The summed E-state index contributed by atoms with van der Waals surface area (Å²) in [6, 6.07) is 16.4. The van der Waals surface area contributed by atoms with Crippen molar-refractivity contribution in [2.45, 2.75) is 12.3 Å². The fraction of sp³-hybridized carbons (Fsp3) is 0.250. The van der Waals surface area contributed by atoms with E-state index in [4.69, 9.17) is 16.3 Å². The highest BCUT2D eigenvalue weighted by Crippen LogP contribution is 2.29. The summed E-state index contributed by atoms with van der Waals surface area (Å²) in [5, 5.41) is 0. The highest BCUT2D eigenvalue weighted by molar-refractivity contribution is 9.10. The zero-order valence-electron chi connectivity index (χ0n) is 10.8. The molecule has 2 aromatic carbocycles. The van der Waals surface area contributed by atoms with Crippen molar-refractivity contribution in [2.24, 2.45) is 0 Å². The molecule has 0 bridgehead atoms. The summed E-state index contributed by atoms with van der Waals surface area (Å²) >= 11 is 9.64. The average Bonchev–Trinajstić information content (AvgIpc) is 2.46. The first-order valence-corrected chi connectivity index (χ1v) is 7.50. The lowest BCUT2D eigenvalue weighted by molar-refractivity contribution is 0.408. The van der Waals surface area contributed by atoms with E-state index in [1.807, 2.05) is 30.3 Å². The van der Waals surface area contributed by atoms with E-state index < -0.39 is 0 Å². The maximum atomic E-state index is 6.13. The summed E-state index contributed by atoms with van der Waals surface area (Å²) in [7, 11) is 1.70. The third-order valence-corrected chi connectivity index (χ3v) is 4.03. The third-order valence-electron chi connectivity index (χ3n) is 3.17. The molecule has 2 rings (SSSR count). The van der Waals surface area contributed by atoms with Crippen LogP contribution in [-0.2, 0) is 6.42 Å². The first-order chi connectivity index (χ1) is 9.24. The van der Waals surface area contributed by atoms with E-state index in [0.717, 1.165) is 16.6 Å². The van der Waals surface area contributed by atoms with Crippen LogP contribution in [0, 0.1) is 0 Å². The molecule has 1 nitrogen and oxygen atoms in total. The lowest BCUT2D eigenvalue weighted by Crippen LogP contribution is -2.06. The van der Waals surface area contributed by atoms with E-state index in [2.05, 4.69) is 34.1 Å². The van der Waals surface area contributed by atoms with Gasteiger partial charge < -0.3 is 4.74 Å². The van der Waals surface area contributed by atoms with E-state index in [1.54, 1.807) is 7.11 Å². The van der Waals surface area contributed by atoms with Crippen molar-refractivity contribution < 1.29 is 4.74 Å². The minimum atomic E-state index is 0.297. The lowest BCUT2D eigenvalue weighted by atomic mass is 9.93. The maximum Gasteiger partial charge on any atom is 0.122 e. The Hall–Kier alpha value is -0.990. The molecule has 0 aromatic heterocycles. The van der Waals surface area contributed by atoms with Crippen LogP contribution < -0.4 is 4.74 Å². The van der Waals surface area contributed by atoms with Crippen molar-refractivity contribution in [3.05, 3.63) is 64.1 Å². The molecule has 0 radical (unpaired) electrons. The predicted octanol–water partition coefficient (Wildman–Crippen LogP) is 5.02. The van der Waals surface area contributed by atoms with Crippen LogP contribution in [-0.4, -0.2) is 13.0 Å². The predicted molar refractivity (Wildman–Crippen MR) is 84.3 cm³/mol. The minimum Gasteiger partial charge on any atom is -0.496 e. The van der Waals surface area contributed by atoms with Crippen LogP contribution in [0.15, 0.2) is 53.0 Å². The zero-order valence-corrected chi connectivity index (χ0v) is 13.1. The Morgan fingerprint density at radius 1 is 1.16 bits per heavy atom. The Kier molecular flexibility index (Phi) is 5.29. The number of hydrogen-bond donors (Lipinski definition) is 0. The van der Waals surface area contributed by atoms with Crippen LogP contribution in [0.1, 0.15) is 17.0 Å². The van der Waals surface area contributed by atoms with Gasteiger partial charge in [-0.3, -0.25) is 0 Å². The van der Waals surface area contributed by atoms with Gasteiger partial charge in [0.2, 0.25) is 0 Å². The Bertz CT molecular complexity index is 528. The van der Waals surface area contributed by atoms with Gasteiger partial charge in [0, 0.05) is 16.3 Å². The molecule has 0 heterocycles. The molecule has 19 heavy (non-hydrogen) atoms. The number of halogens is 2. The Balaban J connectivity index is 2.26. The smallest absolute Gasteiger partial charge is 0.122 e. The largest absolute Gasteiger partial charge is 0.496 e. The molecule has 0 saturated carbocycles. The van der Waals surface area contributed by atoms with Crippen molar-refractivity contribution in [3.8, 4) is 5.75 Å². The van der Waals surface area contributed by atoms with Crippen molar-refractivity contribution in [1.82, 2.24) is 0 Å². The fourth-order valence-electron chi connectivity index (χ4n) is 2.16. The van der Waals surface area contributed by atoms with Crippen LogP contribution in [0.5, 0.6) is 5.75 Å². The van der Waals surface area contributed by atoms with Gasteiger partial charge in [-0.05, 0) is 35.7 Å². The molecule has 0 N–H and O–H groups in total. The third kappa shape index (κ3) is 3.74. The molecule has 0 spiro atoms. The van der Waals surface area contributed by atoms with E-state index in [1.165, 1.54) is 11.1 Å². The molecule has 1 unspecified atom stereocenters. The van der Waals surface area contributed by atoms with Crippen molar-refractivity contribution in [2.75, 3.05) is 13.0 Å². The van der Waals surface area contributed by atoms with Gasteiger partial charge in [-0.1, -0.05) is 46.3 Å². The standard InChI is InChI=1S/C16H16BrClO/c1-19-16-8-7-15(17)10-13(16)9-14(11-18)12-5-3-2-4-6-12/h2-8,10,14H,9,11H2,1H3. The van der Waals surface area contributed by atoms with Gasteiger partial charge in [-0.2, -0.15) is 0 Å². The Morgan fingerprint density at radius 3 is 2.53 bits per heavy atom. The molecule has 1 atom stereocenters. The van der Waals surface area contributed by atoms with Gasteiger partial charge in [-0.15, -0.1) is 11.6 Å². The number of alkyl halides is 1. The van der Waals surface area contributed by atoms with Gasteiger partial charge in [0.25, 0.3) is 0 Å². The minimum absolute atomic E-state index is 0.297. The van der Waals surface area contributed by atoms with E-state index in [-0.39, 0.29) is 0 Å². The average molecular weight is 340 g/mol. The number of methoxy groups -OCH3 is 1. The second kappa shape index (κ2) is 6.97. The molecule has 100 valence electrons. The SMILES string of the molecule is COc1ccc(Br)cc1CC(CCl)c1ccccc1. The van der Waals surface area contributed by atoms with Gasteiger partial charge in [-0.25, -0.2) is 0 Å². The highest BCUT2D eigenvalue weighted by Gasteiger charge is 2.14. The molecule has 2 aromatic rings. The lowest BCUT2D eigenvalue weighted by Gasteiger charge is -2.16. The van der Waals surface area contributed by atoms with Crippen LogP contribution in [0.25, 0.3) is 0 Å². The normalized spacial score (nSPS) is 12.2. The molecule has 0 fully saturated rings. The van der Waals surface area contributed by atoms with Gasteiger partial charge in [0.15, 0.2) is 0 Å². The van der Waals surface area contributed by atoms with Crippen molar-refractivity contribution >= 4 is 27.5 Å². The number of rotatable bonds is 5. The van der Waals surface area contributed by atoms with Crippen molar-refractivity contribution in [1.29, 1.82) is 0 Å². The summed E-state index contributed by atoms with van der Waals surface area (Å²) in [6.07, 6.45) is 0.871. The number of hydrogen-bond acceptors (Lipinski definition) is 1. The second-order valence-corrected chi connectivity index (χ2v) is 5.65. The summed E-state index contributed by atoms with van der Waals surface area (Å²) in [6.45, 7) is 0. The zero-order chi connectivity index (χ0) is 13.7. The van der Waals surface area contributed by atoms with Gasteiger partial charge in [0.05, 0.1) is 7.11 Å². The van der Waals surface area contributed by atoms with Gasteiger partial charge in [0.1, 0.15) is 5.75 Å². The van der Waals surface area contributed by atoms with E-state index in [0.29, 0.717) is 11.8 Å². The second-order valence-electron chi connectivity index (χ2n) is 4.42. The first kappa shape index (κ1) is 14.4. The molecule has 3 heteroatoms. The van der Waals surface area contributed by atoms with Crippen molar-refractivity contribution in [3.63, 3.8) is 0 Å². The number of ether oxygens (including phenoxy) is 1. The Labute approximate surface area is 127 Å². The summed E-state index contributed by atoms with van der Waals surface area (Å²) < 4.78 is 6.48. The summed E-state index contributed by atoms with van der Waals surface area (Å²) in [4.78, 5) is 0. The molecule has 0 aliphatic heterocycles. The first-order valence-electron chi connectivity index (χ1n) is 6.18. The topological polar surface area (TPSA) is 9.23 Å². The van der Waals surface area contributed by atoms with Crippen LogP contribution in [0.2, 0.25) is 0 Å². The summed E-state index contributed by atoms with van der Waals surface area (Å²) in [5.74, 6) is 1.81.